The second kappa shape index (κ2) is 5.16. The highest BCUT2D eigenvalue weighted by Crippen LogP contribution is 2.24. The predicted octanol–water partition coefficient (Wildman–Crippen LogP) is 2.45. The molecule has 82 valence electrons. The van der Waals surface area contributed by atoms with Gasteiger partial charge in [-0.15, -0.1) is 0 Å². The molecule has 0 fully saturated rings. The number of hydrogen-bond donors (Lipinski definition) is 1. The van der Waals surface area contributed by atoms with Crippen LogP contribution in [0.1, 0.15) is 18.1 Å². The Balaban J connectivity index is 2.86. The Morgan fingerprint density at radius 1 is 1.53 bits per heavy atom. The van der Waals surface area contributed by atoms with Gasteiger partial charge in [-0.05, 0) is 53.0 Å². The fourth-order valence-electron chi connectivity index (χ4n) is 1.29. The molecule has 0 radical (unpaired) electrons. The van der Waals surface area contributed by atoms with Crippen LogP contribution in [0.4, 0.5) is 5.69 Å². The monoisotopic (exact) mass is 271 g/mol. The lowest BCUT2D eigenvalue weighted by Crippen LogP contribution is -2.09. The number of aryl methyl sites for hydroxylation is 1. The van der Waals surface area contributed by atoms with Crippen LogP contribution in [0, 0.1) is 6.92 Å². The molecule has 0 saturated carbocycles. The minimum atomic E-state index is -0.220. The number of nitrogen functional groups attached to an aromatic ring is 1. The molecule has 15 heavy (non-hydrogen) atoms. The Bertz CT molecular complexity index is 377. The summed E-state index contributed by atoms with van der Waals surface area (Å²) in [5.74, 6) is -0.220. The average Bonchev–Trinajstić information content (AvgIpc) is 2.14. The maximum Gasteiger partial charge on any atom is 0.310 e. The number of ether oxygens (including phenoxy) is 1. The lowest BCUT2D eigenvalue weighted by atomic mass is 10.1. The van der Waals surface area contributed by atoms with Crippen molar-refractivity contribution in [3.8, 4) is 0 Å². The van der Waals surface area contributed by atoms with Crippen molar-refractivity contribution in [3.05, 3.63) is 27.7 Å². The predicted molar refractivity (Wildman–Crippen MR) is 63.6 cm³/mol. The van der Waals surface area contributed by atoms with Gasteiger partial charge in [-0.25, -0.2) is 0 Å². The standard InChI is InChI=1S/C11H14BrNO2/c1-3-15-11(14)6-8-5-10(13)9(12)4-7(8)2/h4-5H,3,6,13H2,1-2H3. The number of nitrogens with two attached hydrogens (primary N) is 1. The lowest BCUT2D eigenvalue weighted by molar-refractivity contribution is -0.142. The zero-order valence-electron chi connectivity index (χ0n) is 8.84. The highest BCUT2D eigenvalue weighted by atomic mass is 79.9. The highest BCUT2D eigenvalue weighted by molar-refractivity contribution is 9.10. The molecule has 0 heterocycles. The van der Waals surface area contributed by atoms with Crippen molar-refractivity contribution in [2.75, 3.05) is 12.3 Å². The van der Waals surface area contributed by atoms with Gasteiger partial charge in [0.25, 0.3) is 0 Å². The lowest BCUT2D eigenvalue weighted by Gasteiger charge is -2.08. The first-order valence-electron chi connectivity index (χ1n) is 4.74. The van der Waals surface area contributed by atoms with Gasteiger partial charge in [-0.2, -0.15) is 0 Å². The summed E-state index contributed by atoms with van der Waals surface area (Å²) in [7, 11) is 0. The summed E-state index contributed by atoms with van der Waals surface area (Å²) in [6.07, 6.45) is 0.275. The Hall–Kier alpha value is -1.03. The number of benzene rings is 1. The molecule has 1 rings (SSSR count). The van der Waals surface area contributed by atoms with Crippen molar-refractivity contribution in [3.63, 3.8) is 0 Å². The molecule has 2 N–H and O–H groups in total. The summed E-state index contributed by atoms with van der Waals surface area (Å²) in [5, 5.41) is 0. The number of halogens is 1. The number of carbonyl (C=O) groups is 1. The molecule has 0 unspecified atom stereocenters. The zero-order valence-corrected chi connectivity index (χ0v) is 10.4. The van der Waals surface area contributed by atoms with E-state index in [1.807, 2.05) is 13.0 Å². The first-order chi connectivity index (χ1) is 7.04. The third-order valence-corrected chi connectivity index (χ3v) is 2.78. The quantitative estimate of drug-likeness (QED) is 0.679. The molecule has 1 aromatic rings. The van der Waals surface area contributed by atoms with Crippen LogP contribution in [0.15, 0.2) is 16.6 Å². The smallest absolute Gasteiger partial charge is 0.310 e. The summed E-state index contributed by atoms with van der Waals surface area (Å²) >= 11 is 3.34. The number of rotatable bonds is 3. The maximum absolute atomic E-state index is 11.3. The second-order valence-corrected chi connectivity index (χ2v) is 4.14. The van der Waals surface area contributed by atoms with Gasteiger partial charge in [0, 0.05) is 10.2 Å². The normalized spacial score (nSPS) is 10.1. The van der Waals surface area contributed by atoms with Gasteiger partial charge < -0.3 is 10.5 Å². The maximum atomic E-state index is 11.3. The van der Waals surface area contributed by atoms with E-state index >= 15 is 0 Å². The van der Waals surface area contributed by atoms with Crippen molar-refractivity contribution in [1.82, 2.24) is 0 Å². The van der Waals surface area contributed by atoms with E-state index in [2.05, 4.69) is 15.9 Å². The molecule has 0 aliphatic carbocycles. The van der Waals surface area contributed by atoms with Gasteiger partial charge in [0.2, 0.25) is 0 Å². The summed E-state index contributed by atoms with van der Waals surface area (Å²) in [6.45, 7) is 4.14. The van der Waals surface area contributed by atoms with Crippen molar-refractivity contribution >= 4 is 27.6 Å². The largest absolute Gasteiger partial charge is 0.466 e. The summed E-state index contributed by atoms with van der Waals surface area (Å²) in [5.41, 5.74) is 8.32. The van der Waals surface area contributed by atoms with Crippen LogP contribution in [-0.4, -0.2) is 12.6 Å². The van der Waals surface area contributed by atoms with Crippen LogP contribution in [0.5, 0.6) is 0 Å². The van der Waals surface area contributed by atoms with E-state index in [0.29, 0.717) is 12.3 Å². The molecular weight excluding hydrogens is 258 g/mol. The summed E-state index contributed by atoms with van der Waals surface area (Å²) < 4.78 is 5.73. The van der Waals surface area contributed by atoms with E-state index in [0.717, 1.165) is 15.6 Å². The molecule has 1 aromatic carbocycles. The Labute approximate surface area is 97.7 Å². The van der Waals surface area contributed by atoms with Crippen molar-refractivity contribution < 1.29 is 9.53 Å². The van der Waals surface area contributed by atoms with Crippen molar-refractivity contribution in [2.45, 2.75) is 20.3 Å². The van der Waals surface area contributed by atoms with Crippen LogP contribution in [-0.2, 0) is 16.0 Å². The number of esters is 1. The Morgan fingerprint density at radius 2 is 2.20 bits per heavy atom. The minimum Gasteiger partial charge on any atom is -0.466 e. The first kappa shape index (κ1) is 12.0. The molecule has 0 atom stereocenters. The van der Waals surface area contributed by atoms with Crippen LogP contribution in [0.2, 0.25) is 0 Å². The summed E-state index contributed by atoms with van der Waals surface area (Å²) in [6, 6.07) is 3.71. The molecule has 0 spiro atoms. The second-order valence-electron chi connectivity index (χ2n) is 3.28. The van der Waals surface area contributed by atoms with Crippen LogP contribution >= 0.6 is 15.9 Å². The topological polar surface area (TPSA) is 52.3 Å². The van der Waals surface area contributed by atoms with Gasteiger partial charge >= 0.3 is 5.97 Å². The molecule has 3 nitrogen and oxygen atoms in total. The molecule has 0 aromatic heterocycles. The third kappa shape index (κ3) is 3.23. The number of hydrogen-bond acceptors (Lipinski definition) is 3. The SMILES string of the molecule is CCOC(=O)Cc1cc(N)c(Br)cc1C. The molecular formula is C11H14BrNO2. The molecule has 0 amide bonds. The number of anilines is 1. The Morgan fingerprint density at radius 3 is 2.80 bits per heavy atom. The summed E-state index contributed by atoms with van der Waals surface area (Å²) in [4.78, 5) is 11.3. The molecule has 0 aliphatic rings. The molecule has 0 bridgehead atoms. The fourth-order valence-corrected chi connectivity index (χ4v) is 1.75. The average molecular weight is 272 g/mol. The fraction of sp³-hybridized carbons (Fsp3) is 0.364. The minimum absolute atomic E-state index is 0.220. The first-order valence-corrected chi connectivity index (χ1v) is 5.54. The van der Waals surface area contributed by atoms with Gasteiger partial charge in [0.1, 0.15) is 0 Å². The van der Waals surface area contributed by atoms with E-state index in [1.54, 1.807) is 13.0 Å². The Kier molecular flexibility index (Phi) is 4.15. The van der Waals surface area contributed by atoms with Gasteiger partial charge in [0.05, 0.1) is 13.0 Å². The van der Waals surface area contributed by atoms with E-state index < -0.39 is 0 Å². The van der Waals surface area contributed by atoms with Crippen LogP contribution < -0.4 is 5.73 Å². The molecule has 4 heteroatoms. The van der Waals surface area contributed by atoms with Crippen molar-refractivity contribution in [1.29, 1.82) is 0 Å². The zero-order chi connectivity index (χ0) is 11.4. The van der Waals surface area contributed by atoms with Gasteiger partial charge in [0.15, 0.2) is 0 Å². The van der Waals surface area contributed by atoms with E-state index in [4.69, 9.17) is 10.5 Å². The third-order valence-electron chi connectivity index (χ3n) is 2.10. The van der Waals surface area contributed by atoms with E-state index in [9.17, 15) is 4.79 Å². The highest BCUT2D eigenvalue weighted by Gasteiger charge is 2.08. The van der Waals surface area contributed by atoms with Gasteiger partial charge in [-0.1, -0.05) is 0 Å². The number of carbonyl (C=O) groups excluding carboxylic acids is 1. The van der Waals surface area contributed by atoms with E-state index in [1.165, 1.54) is 0 Å². The van der Waals surface area contributed by atoms with Crippen LogP contribution in [0.25, 0.3) is 0 Å². The van der Waals surface area contributed by atoms with Gasteiger partial charge in [-0.3, -0.25) is 4.79 Å². The molecule has 0 aliphatic heterocycles. The molecule has 0 saturated heterocycles. The van der Waals surface area contributed by atoms with Crippen LogP contribution in [0.3, 0.4) is 0 Å². The van der Waals surface area contributed by atoms with E-state index in [-0.39, 0.29) is 12.4 Å². The van der Waals surface area contributed by atoms with Crippen molar-refractivity contribution in [2.24, 2.45) is 0 Å².